The Hall–Kier alpha value is -1.46. The van der Waals surface area contributed by atoms with Gasteiger partial charge in [-0.15, -0.1) is 0 Å². The molecule has 140 valence electrons. The average Bonchev–Trinajstić information content (AvgIpc) is 2.91. The molecule has 1 atom stereocenters. The van der Waals surface area contributed by atoms with Crippen LogP contribution < -0.4 is 5.32 Å². The molecule has 0 radical (unpaired) electrons. The number of halogens is 1. The van der Waals surface area contributed by atoms with Crippen LogP contribution in [0.25, 0.3) is 0 Å². The maximum absolute atomic E-state index is 12.6. The van der Waals surface area contributed by atoms with E-state index in [4.69, 9.17) is 16.6 Å². The lowest BCUT2D eigenvalue weighted by molar-refractivity contribution is -0.115. The second-order valence-corrected chi connectivity index (χ2v) is 8.67. The maximum Gasteiger partial charge on any atom is 0.237 e. The first kappa shape index (κ1) is 19.3. The molecule has 1 aromatic carbocycles. The fraction of sp³-hybridized carbons (Fsp3) is 0.500. The van der Waals surface area contributed by atoms with Crippen molar-refractivity contribution in [1.82, 2.24) is 9.55 Å². The van der Waals surface area contributed by atoms with Crippen LogP contribution in [0.4, 0.5) is 5.69 Å². The van der Waals surface area contributed by atoms with Crippen LogP contribution in [0.2, 0.25) is 5.02 Å². The molecular weight excluding hydrogens is 366 g/mol. The van der Waals surface area contributed by atoms with Gasteiger partial charge >= 0.3 is 0 Å². The lowest BCUT2D eigenvalue weighted by atomic mass is 9.95. The number of imidazole rings is 1. The molecule has 1 N–H and O–H groups in total. The van der Waals surface area contributed by atoms with Crippen molar-refractivity contribution in [1.29, 1.82) is 0 Å². The molecule has 0 spiro atoms. The third-order valence-electron chi connectivity index (χ3n) is 5.08. The van der Waals surface area contributed by atoms with Gasteiger partial charge in [0.2, 0.25) is 5.91 Å². The SMILES string of the molecule is Cc1nc(SC(C)C(=O)Nc2ccccc2Cl)n(C2CCCCC2)c1C. The molecule has 3 rings (SSSR count). The molecule has 1 aromatic heterocycles. The number of anilines is 1. The molecule has 0 aliphatic heterocycles. The number of para-hydroxylation sites is 1. The monoisotopic (exact) mass is 391 g/mol. The number of hydrogen-bond donors (Lipinski definition) is 1. The van der Waals surface area contributed by atoms with Crippen molar-refractivity contribution < 1.29 is 4.79 Å². The van der Waals surface area contributed by atoms with Gasteiger partial charge in [-0.2, -0.15) is 0 Å². The van der Waals surface area contributed by atoms with Gasteiger partial charge in [0.05, 0.1) is 21.7 Å². The summed E-state index contributed by atoms with van der Waals surface area (Å²) in [5.41, 5.74) is 2.92. The fourth-order valence-electron chi connectivity index (χ4n) is 3.46. The van der Waals surface area contributed by atoms with E-state index in [2.05, 4.69) is 16.8 Å². The molecule has 1 amide bonds. The van der Waals surface area contributed by atoms with Crippen LogP contribution in [0.15, 0.2) is 29.4 Å². The second kappa shape index (κ2) is 8.49. The van der Waals surface area contributed by atoms with Crippen LogP contribution >= 0.6 is 23.4 Å². The highest BCUT2D eigenvalue weighted by molar-refractivity contribution is 8.00. The first-order valence-corrected chi connectivity index (χ1v) is 10.5. The van der Waals surface area contributed by atoms with E-state index in [-0.39, 0.29) is 11.2 Å². The number of nitrogens with zero attached hydrogens (tertiary/aromatic N) is 2. The number of rotatable bonds is 5. The molecule has 1 fully saturated rings. The molecule has 2 aromatic rings. The van der Waals surface area contributed by atoms with Crippen LogP contribution in [-0.4, -0.2) is 20.7 Å². The number of carbonyl (C=O) groups is 1. The van der Waals surface area contributed by atoms with E-state index >= 15 is 0 Å². The molecule has 0 saturated heterocycles. The van der Waals surface area contributed by atoms with Gasteiger partial charge in [0, 0.05) is 11.7 Å². The zero-order chi connectivity index (χ0) is 18.7. The number of aromatic nitrogens is 2. The highest BCUT2D eigenvalue weighted by Crippen LogP contribution is 2.35. The van der Waals surface area contributed by atoms with Crippen molar-refractivity contribution in [2.75, 3.05) is 5.32 Å². The summed E-state index contributed by atoms with van der Waals surface area (Å²) in [5.74, 6) is -0.0587. The van der Waals surface area contributed by atoms with Crippen molar-refractivity contribution in [3.05, 3.63) is 40.7 Å². The predicted molar refractivity (Wildman–Crippen MR) is 109 cm³/mol. The van der Waals surface area contributed by atoms with Gasteiger partial charge in [-0.05, 0) is 45.7 Å². The minimum absolute atomic E-state index is 0.0587. The summed E-state index contributed by atoms with van der Waals surface area (Å²) in [7, 11) is 0. The van der Waals surface area contributed by atoms with Crippen LogP contribution in [0.3, 0.4) is 0 Å². The number of aryl methyl sites for hydroxylation is 1. The fourth-order valence-corrected chi connectivity index (χ4v) is 4.71. The topological polar surface area (TPSA) is 46.9 Å². The van der Waals surface area contributed by atoms with Crippen molar-refractivity contribution in [3.8, 4) is 0 Å². The molecule has 0 bridgehead atoms. The number of amides is 1. The first-order valence-electron chi connectivity index (χ1n) is 9.25. The van der Waals surface area contributed by atoms with Gasteiger partial charge in [-0.1, -0.05) is 54.8 Å². The highest BCUT2D eigenvalue weighted by Gasteiger charge is 2.25. The third kappa shape index (κ3) is 4.26. The minimum Gasteiger partial charge on any atom is -0.324 e. The summed E-state index contributed by atoms with van der Waals surface area (Å²) in [6.07, 6.45) is 6.26. The van der Waals surface area contributed by atoms with E-state index in [0.29, 0.717) is 16.8 Å². The van der Waals surface area contributed by atoms with Crippen LogP contribution in [0, 0.1) is 13.8 Å². The molecule has 1 heterocycles. The Kier molecular flexibility index (Phi) is 6.30. The molecule has 1 unspecified atom stereocenters. The zero-order valence-corrected chi connectivity index (χ0v) is 17.2. The Morgan fingerprint density at radius 3 is 2.65 bits per heavy atom. The number of nitrogens with one attached hydrogen (secondary N) is 1. The predicted octanol–water partition coefficient (Wildman–Crippen LogP) is 5.78. The normalized spacial score (nSPS) is 16.5. The van der Waals surface area contributed by atoms with Gasteiger partial charge < -0.3 is 9.88 Å². The van der Waals surface area contributed by atoms with Crippen molar-refractivity contribution in [2.45, 2.75) is 69.3 Å². The summed E-state index contributed by atoms with van der Waals surface area (Å²) in [4.78, 5) is 17.4. The summed E-state index contributed by atoms with van der Waals surface area (Å²) in [6, 6.07) is 7.81. The van der Waals surface area contributed by atoms with E-state index in [1.807, 2.05) is 32.0 Å². The second-order valence-electron chi connectivity index (χ2n) is 6.96. The Labute approximate surface area is 164 Å². The average molecular weight is 392 g/mol. The summed E-state index contributed by atoms with van der Waals surface area (Å²) >= 11 is 7.67. The molecule has 1 aliphatic carbocycles. The van der Waals surface area contributed by atoms with Crippen molar-refractivity contribution >= 4 is 35.0 Å². The van der Waals surface area contributed by atoms with Crippen LogP contribution in [-0.2, 0) is 4.79 Å². The quantitative estimate of drug-likeness (QED) is 0.657. The molecule has 26 heavy (non-hydrogen) atoms. The lowest BCUT2D eigenvalue weighted by Crippen LogP contribution is -2.23. The van der Waals surface area contributed by atoms with Crippen molar-refractivity contribution in [2.24, 2.45) is 0 Å². The van der Waals surface area contributed by atoms with E-state index in [1.165, 1.54) is 49.6 Å². The van der Waals surface area contributed by atoms with Gasteiger partial charge in [-0.25, -0.2) is 4.98 Å². The Morgan fingerprint density at radius 1 is 1.27 bits per heavy atom. The Balaban J connectivity index is 1.74. The highest BCUT2D eigenvalue weighted by atomic mass is 35.5. The van der Waals surface area contributed by atoms with Gasteiger partial charge in [0.25, 0.3) is 0 Å². The first-order chi connectivity index (χ1) is 12.5. The molecule has 1 saturated carbocycles. The van der Waals surface area contributed by atoms with Gasteiger partial charge in [0.15, 0.2) is 5.16 Å². The van der Waals surface area contributed by atoms with Crippen LogP contribution in [0.1, 0.15) is 56.5 Å². The lowest BCUT2D eigenvalue weighted by Gasteiger charge is -2.26. The van der Waals surface area contributed by atoms with Gasteiger partial charge in [0.1, 0.15) is 0 Å². The number of benzene rings is 1. The Morgan fingerprint density at radius 2 is 1.96 bits per heavy atom. The summed E-state index contributed by atoms with van der Waals surface area (Å²) < 4.78 is 2.36. The molecule has 1 aliphatic rings. The zero-order valence-electron chi connectivity index (χ0n) is 15.6. The van der Waals surface area contributed by atoms with Crippen LogP contribution in [0.5, 0.6) is 0 Å². The summed E-state index contributed by atoms with van der Waals surface area (Å²) in [5, 5.41) is 4.17. The van der Waals surface area contributed by atoms with E-state index < -0.39 is 0 Å². The van der Waals surface area contributed by atoms with E-state index in [9.17, 15) is 4.79 Å². The third-order valence-corrected chi connectivity index (χ3v) is 6.47. The molecule has 4 nitrogen and oxygen atoms in total. The Bertz CT molecular complexity index is 783. The molecular formula is C20H26ClN3OS. The maximum atomic E-state index is 12.6. The number of hydrogen-bond acceptors (Lipinski definition) is 3. The molecule has 6 heteroatoms. The van der Waals surface area contributed by atoms with E-state index in [1.54, 1.807) is 6.07 Å². The number of carbonyl (C=O) groups excluding carboxylic acids is 1. The van der Waals surface area contributed by atoms with E-state index in [0.717, 1.165) is 10.9 Å². The minimum atomic E-state index is -0.255. The largest absolute Gasteiger partial charge is 0.324 e. The number of thioether (sulfide) groups is 1. The van der Waals surface area contributed by atoms with Crippen molar-refractivity contribution in [3.63, 3.8) is 0 Å². The summed E-state index contributed by atoms with van der Waals surface area (Å²) in [6.45, 7) is 6.10. The van der Waals surface area contributed by atoms with Gasteiger partial charge in [-0.3, -0.25) is 4.79 Å². The standard InChI is InChI=1S/C20H26ClN3OS/c1-13-14(2)24(16-9-5-4-6-10-16)20(22-13)26-15(3)19(25)23-18-12-8-7-11-17(18)21/h7-8,11-12,15-16H,4-6,9-10H2,1-3H3,(H,23,25). The smallest absolute Gasteiger partial charge is 0.237 e.